The van der Waals surface area contributed by atoms with Crippen LogP contribution in [-0.2, 0) is 6.54 Å². The number of benzene rings is 1. The van der Waals surface area contributed by atoms with E-state index in [1.165, 1.54) is 25.7 Å². The van der Waals surface area contributed by atoms with Gasteiger partial charge in [-0.2, -0.15) is 9.97 Å². The van der Waals surface area contributed by atoms with Crippen molar-refractivity contribution >= 4 is 46.5 Å². The van der Waals surface area contributed by atoms with Crippen LogP contribution in [0.5, 0.6) is 0 Å². The molecular weight excluding hydrogens is 440 g/mol. The molecule has 4 rings (SSSR count). The molecule has 0 radical (unpaired) electrons. The van der Waals surface area contributed by atoms with Gasteiger partial charge in [-0.3, -0.25) is 0 Å². The minimum Gasteiger partial charge on any atom is -0.358 e. The lowest BCUT2D eigenvalue weighted by Gasteiger charge is -2.35. The molecular formula is C24H33ClN6S. The summed E-state index contributed by atoms with van der Waals surface area (Å²) >= 11 is 11.8. The third kappa shape index (κ3) is 6.01. The highest BCUT2D eigenvalue weighted by atomic mass is 35.5. The fourth-order valence-electron chi connectivity index (χ4n) is 4.56. The monoisotopic (exact) mass is 472 g/mol. The number of nitrogens with one attached hydrogen (secondary N) is 2. The lowest BCUT2D eigenvalue weighted by atomic mass is 10.00. The highest BCUT2D eigenvalue weighted by Gasteiger charge is 2.23. The summed E-state index contributed by atoms with van der Waals surface area (Å²) in [7, 11) is 0. The fourth-order valence-corrected chi connectivity index (χ4v) is 4.93. The van der Waals surface area contributed by atoms with Gasteiger partial charge in [-0.25, -0.2) is 0 Å². The quantitative estimate of drug-likeness (QED) is 0.588. The zero-order chi connectivity index (χ0) is 22.5. The maximum absolute atomic E-state index is 6.27. The predicted molar refractivity (Wildman–Crippen MR) is 138 cm³/mol. The Morgan fingerprint density at radius 2 is 1.62 bits per heavy atom. The van der Waals surface area contributed by atoms with Gasteiger partial charge in [0.15, 0.2) is 5.11 Å². The third-order valence-electron chi connectivity index (χ3n) is 6.28. The molecule has 2 atom stereocenters. The molecule has 1 aromatic carbocycles. The molecule has 6 nitrogen and oxygen atoms in total. The normalized spacial score (nSPS) is 21.3. The molecule has 0 amide bonds. The SMILES string of the molecule is C[C@@H]1CCCN(c2cc(N3CCC[C@H](C)C3)nc(NC(=S)NCc3ccccc3Cl)n2)C1. The Labute approximate surface area is 201 Å². The van der Waals surface area contributed by atoms with E-state index in [1.807, 2.05) is 24.3 Å². The van der Waals surface area contributed by atoms with Crippen molar-refractivity contribution in [1.82, 2.24) is 15.3 Å². The molecule has 3 heterocycles. The van der Waals surface area contributed by atoms with Crippen LogP contribution in [0.4, 0.5) is 17.6 Å². The number of aromatic nitrogens is 2. The van der Waals surface area contributed by atoms with Crippen LogP contribution in [0, 0.1) is 11.8 Å². The number of thiocarbonyl (C=S) groups is 1. The smallest absolute Gasteiger partial charge is 0.232 e. The summed E-state index contributed by atoms with van der Waals surface area (Å²) in [5.41, 5.74) is 0.998. The van der Waals surface area contributed by atoms with E-state index in [-0.39, 0.29) is 0 Å². The van der Waals surface area contributed by atoms with E-state index in [4.69, 9.17) is 33.8 Å². The maximum Gasteiger partial charge on any atom is 0.232 e. The van der Waals surface area contributed by atoms with Crippen LogP contribution in [0.25, 0.3) is 0 Å². The minimum absolute atomic E-state index is 0.493. The topological polar surface area (TPSA) is 56.3 Å². The fraction of sp³-hybridized carbons (Fsp3) is 0.542. The molecule has 0 unspecified atom stereocenters. The van der Waals surface area contributed by atoms with E-state index >= 15 is 0 Å². The van der Waals surface area contributed by atoms with Gasteiger partial charge < -0.3 is 20.4 Å². The van der Waals surface area contributed by atoms with E-state index in [2.05, 4.69) is 40.3 Å². The molecule has 172 valence electrons. The molecule has 0 spiro atoms. The highest BCUT2D eigenvalue weighted by Crippen LogP contribution is 2.28. The Kier molecular flexibility index (Phi) is 7.68. The van der Waals surface area contributed by atoms with Crippen LogP contribution in [-0.4, -0.2) is 41.3 Å². The summed E-state index contributed by atoms with van der Waals surface area (Å²) in [5, 5.41) is 7.66. The van der Waals surface area contributed by atoms with E-state index in [0.717, 1.165) is 48.4 Å². The number of hydrogen-bond donors (Lipinski definition) is 2. The van der Waals surface area contributed by atoms with Crippen LogP contribution in [0.3, 0.4) is 0 Å². The van der Waals surface area contributed by atoms with Gasteiger partial charge in [-0.05, 0) is 61.4 Å². The molecule has 0 saturated carbocycles. The molecule has 8 heteroatoms. The largest absolute Gasteiger partial charge is 0.358 e. The van der Waals surface area contributed by atoms with Crippen molar-refractivity contribution < 1.29 is 0 Å². The van der Waals surface area contributed by atoms with Gasteiger partial charge in [0.05, 0.1) is 0 Å². The average Bonchev–Trinajstić information content (AvgIpc) is 2.78. The van der Waals surface area contributed by atoms with Gasteiger partial charge in [0.1, 0.15) is 11.6 Å². The number of rotatable bonds is 5. The van der Waals surface area contributed by atoms with Crippen molar-refractivity contribution in [3.8, 4) is 0 Å². The van der Waals surface area contributed by atoms with E-state index in [1.54, 1.807) is 0 Å². The van der Waals surface area contributed by atoms with Crippen molar-refractivity contribution in [2.24, 2.45) is 11.8 Å². The summed E-state index contributed by atoms with van der Waals surface area (Å²) in [6.45, 7) is 9.30. The van der Waals surface area contributed by atoms with Gasteiger partial charge in [-0.15, -0.1) is 0 Å². The van der Waals surface area contributed by atoms with Crippen molar-refractivity contribution in [1.29, 1.82) is 0 Å². The van der Waals surface area contributed by atoms with E-state index in [0.29, 0.717) is 29.4 Å². The van der Waals surface area contributed by atoms with Gasteiger partial charge in [0, 0.05) is 43.8 Å². The van der Waals surface area contributed by atoms with Crippen LogP contribution in [0.1, 0.15) is 45.1 Å². The number of halogens is 1. The Hall–Kier alpha value is -2.12. The first-order chi connectivity index (χ1) is 15.5. The van der Waals surface area contributed by atoms with Crippen LogP contribution >= 0.6 is 23.8 Å². The Balaban J connectivity index is 1.51. The number of nitrogens with zero attached hydrogens (tertiary/aromatic N) is 4. The summed E-state index contributed by atoms with van der Waals surface area (Å²) in [6, 6.07) is 9.92. The second kappa shape index (κ2) is 10.7. The molecule has 2 aliphatic heterocycles. The van der Waals surface area contributed by atoms with Crippen molar-refractivity contribution in [3.63, 3.8) is 0 Å². The summed E-state index contributed by atoms with van der Waals surface area (Å²) in [5.74, 6) is 3.86. The van der Waals surface area contributed by atoms with Gasteiger partial charge >= 0.3 is 0 Å². The lowest BCUT2D eigenvalue weighted by molar-refractivity contribution is 0.441. The Morgan fingerprint density at radius 1 is 1.03 bits per heavy atom. The zero-order valence-electron chi connectivity index (χ0n) is 19.0. The Bertz CT molecular complexity index is 898. The van der Waals surface area contributed by atoms with Gasteiger partial charge in [-0.1, -0.05) is 43.6 Å². The summed E-state index contributed by atoms with van der Waals surface area (Å²) in [6.07, 6.45) is 4.95. The molecule has 1 aromatic heterocycles. The standard InChI is InChI=1S/C24H33ClN6S/c1-17-7-5-11-30(15-17)21-13-22(31-12-6-8-18(2)16-31)28-23(27-21)29-24(32)26-14-19-9-3-4-10-20(19)25/h3-4,9-10,13,17-18H,5-8,11-12,14-16H2,1-2H3,(H2,26,27,28,29,32)/t17-,18+. The minimum atomic E-state index is 0.493. The van der Waals surface area contributed by atoms with E-state index < -0.39 is 0 Å². The van der Waals surface area contributed by atoms with E-state index in [9.17, 15) is 0 Å². The third-order valence-corrected chi connectivity index (χ3v) is 6.90. The predicted octanol–water partition coefficient (Wildman–Crippen LogP) is 5.09. The number of hydrogen-bond acceptors (Lipinski definition) is 5. The summed E-state index contributed by atoms with van der Waals surface area (Å²) < 4.78 is 0. The average molecular weight is 473 g/mol. The number of piperidine rings is 2. The first-order valence-electron chi connectivity index (χ1n) is 11.6. The van der Waals surface area contributed by atoms with Crippen molar-refractivity contribution in [2.75, 3.05) is 41.3 Å². The van der Waals surface area contributed by atoms with Crippen molar-refractivity contribution in [3.05, 3.63) is 40.9 Å². The van der Waals surface area contributed by atoms with Crippen molar-refractivity contribution in [2.45, 2.75) is 46.1 Å². The second-order valence-corrected chi connectivity index (χ2v) is 10.0. The molecule has 2 N–H and O–H groups in total. The number of anilines is 3. The molecule has 0 aliphatic carbocycles. The molecule has 2 aromatic rings. The Morgan fingerprint density at radius 3 is 2.19 bits per heavy atom. The first-order valence-corrected chi connectivity index (χ1v) is 12.4. The summed E-state index contributed by atoms with van der Waals surface area (Å²) in [4.78, 5) is 14.5. The molecule has 0 bridgehead atoms. The molecule has 32 heavy (non-hydrogen) atoms. The lowest BCUT2D eigenvalue weighted by Crippen LogP contribution is -2.37. The molecule has 2 aliphatic rings. The zero-order valence-corrected chi connectivity index (χ0v) is 20.6. The first kappa shape index (κ1) is 23.1. The van der Waals surface area contributed by atoms with Gasteiger partial charge in [0.25, 0.3) is 0 Å². The molecule has 2 fully saturated rings. The second-order valence-electron chi connectivity index (χ2n) is 9.19. The van der Waals surface area contributed by atoms with Crippen LogP contribution in [0.2, 0.25) is 5.02 Å². The van der Waals surface area contributed by atoms with Gasteiger partial charge in [0.2, 0.25) is 5.95 Å². The maximum atomic E-state index is 6.27. The highest BCUT2D eigenvalue weighted by molar-refractivity contribution is 7.80. The van der Waals surface area contributed by atoms with Crippen LogP contribution in [0.15, 0.2) is 30.3 Å². The molecule has 2 saturated heterocycles. The van der Waals surface area contributed by atoms with Crippen LogP contribution < -0.4 is 20.4 Å².